The van der Waals surface area contributed by atoms with Gasteiger partial charge in [-0.3, -0.25) is 9.69 Å². The standard InChI is InChI=1S/C19H25ClF3N3O3S/c20-17-6-5-15(13-16(17)19(21,22)23)30(28,29)26-11-9-24(10-12-26)14-18(27)25-7-3-1-2-4-8-25/h5-6,13H,1-4,7-12,14H2. The minimum Gasteiger partial charge on any atom is -0.342 e. The zero-order chi connectivity index (χ0) is 21.9. The number of amides is 1. The zero-order valence-electron chi connectivity index (χ0n) is 16.5. The Kier molecular flexibility index (Phi) is 7.32. The van der Waals surface area contributed by atoms with Gasteiger partial charge < -0.3 is 4.90 Å². The van der Waals surface area contributed by atoms with Crippen molar-refractivity contribution in [1.29, 1.82) is 0 Å². The number of nitrogens with zero attached hydrogens (tertiary/aromatic N) is 3. The molecule has 0 bridgehead atoms. The molecule has 30 heavy (non-hydrogen) atoms. The van der Waals surface area contributed by atoms with Gasteiger partial charge in [-0.05, 0) is 31.0 Å². The van der Waals surface area contributed by atoms with E-state index in [2.05, 4.69) is 0 Å². The van der Waals surface area contributed by atoms with Crippen molar-refractivity contribution in [2.24, 2.45) is 0 Å². The molecule has 2 aliphatic rings. The van der Waals surface area contributed by atoms with Crippen LogP contribution in [0.1, 0.15) is 31.2 Å². The fourth-order valence-corrected chi connectivity index (χ4v) is 5.44. The molecular formula is C19H25ClF3N3O3S. The van der Waals surface area contributed by atoms with Gasteiger partial charge >= 0.3 is 6.18 Å². The average Bonchev–Trinajstić information content (AvgIpc) is 2.97. The maximum absolute atomic E-state index is 13.1. The van der Waals surface area contributed by atoms with E-state index in [1.807, 2.05) is 9.80 Å². The summed E-state index contributed by atoms with van der Waals surface area (Å²) in [6, 6.07) is 2.61. The number of likely N-dealkylation sites (tertiary alicyclic amines) is 1. The van der Waals surface area contributed by atoms with Crippen molar-refractivity contribution in [2.45, 2.75) is 36.8 Å². The second kappa shape index (κ2) is 9.42. The number of rotatable bonds is 4. The number of alkyl halides is 3. The van der Waals surface area contributed by atoms with Gasteiger partial charge in [0.2, 0.25) is 15.9 Å². The summed E-state index contributed by atoms with van der Waals surface area (Å²) in [4.78, 5) is 15.8. The number of hydrogen-bond acceptors (Lipinski definition) is 4. The fraction of sp³-hybridized carbons (Fsp3) is 0.632. The molecule has 0 saturated carbocycles. The van der Waals surface area contributed by atoms with Crippen molar-refractivity contribution in [3.05, 3.63) is 28.8 Å². The highest BCUT2D eigenvalue weighted by molar-refractivity contribution is 7.89. The van der Waals surface area contributed by atoms with Crippen LogP contribution in [0.15, 0.2) is 23.1 Å². The van der Waals surface area contributed by atoms with E-state index >= 15 is 0 Å². The molecule has 2 aliphatic heterocycles. The number of halogens is 4. The van der Waals surface area contributed by atoms with Crippen LogP contribution in [-0.4, -0.2) is 74.2 Å². The predicted molar refractivity (Wildman–Crippen MR) is 107 cm³/mol. The Hall–Kier alpha value is -1.36. The SMILES string of the molecule is O=C(CN1CCN(S(=O)(=O)c2ccc(Cl)c(C(F)(F)F)c2)CC1)N1CCCCCC1. The molecule has 0 aliphatic carbocycles. The lowest BCUT2D eigenvalue weighted by Gasteiger charge is -2.34. The minimum atomic E-state index is -4.74. The molecule has 2 fully saturated rings. The monoisotopic (exact) mass is 467 g/mol. The highest BCUT2D eigenvalue weighted by Gasteiger charge is 2.36. The van der Waals surface area contributed by atoms with Crippen molar-refractivity contribution >= 4 is 27.5 Å². The van der Waals surface area contributed by atoms with Gasteiger partial charge in [-0.1, -0.05) is 24.4 Å². The van der Waals surface area contributed by atoms with Crippen LogP contribution >= 0.6 is 11.6 Å². The molecule has 0 unspecified atom stereocenters. The Balaban J connectivity index is 1.62. The van der Waals surface area contributed by atoms with Crippen molar-refractivity contribution in [2.75, 3.05) is 45.8 Å². The molecule has 168 valence electrons. The lowest BCUT2D eigenvalue weighted by Crippen LogP contribution is -2.51. The quantitative estimate of drug-likeness (QED) is 0.683. The highest BCUT2D eigenvalue weighted by atomic mass is 35.5. The molecule has 0 aromatic heterocycles. The predicted octanol–water partition coefficient (Wildman–Crippen LogP) is 3.07. The fourth-order valence-electron chi connectivity index (χ4n) is 3.77. The zero-order valence-corrected chi connectivity index (χ0v) is 18.1. The van der Waals surface area contributed by atoms with Gasteiger partial charge in [0.05, 0.1) is 22.0 Å². The third-order valence-electron chi connectivity index (χ3n) is 5.53. The van der Waals surface area contributed by atoms with Gasteiger partial charge in [-0.15, -0.1) is 0 Å². The van der Waals surface area contributed by atoms with Gasteiger partial charge in [-0.25, -0.2) is 8.42 Å². The van der Waals surface area contributed by atoms with E-state index in [1.54, 1.807) is 0 Å². The van der Waals surface area contributed by atoms with E-state index in [9.17, 15) is 26.4 Å². The van der Waals surface area contributed by atoms with E-state index in [0.717, 1.165) is 55.2 Å². The maximum atomic E-state index is 13.1. The van der Waals surface area contributed by atoms with Crippen LogP contribution in [0.4, 0.5) is 13.2 Å². The van der Waals surface area contributed by atoms with Crippen LogP contribution in [0.5, 0.6) is 0 Å². The summed E-state index contributed by atoms with van der Waals surface area (Å²) in [6.45, 7) is 2.65. The molecule has 0 N–H and O–H groups in total. The summed E-state index contributed by atoms with van der Waals surface area (Å²) in [6.07, 6.45) is -0.491. The second-order valence-corrected chi connectivity index (χ2v) is 9.96. The summed E-state index contributed by atoms with van der Waals surface area (Å²) in [5.41, 5.74) is -1.17. The van der Waals surface area contributed by atoms with E-state index in [1.165, 1.54) is 0 Å². The van der Waals surface area contributed by atoms with Crippen LogP contribution in [-0.2, 0) is 21.0 Å². The van der Waals surface area contributed by atoms with Gasteiger partial charge in [0.1, 0.15) is 0 Å². The van der Waals surface area contributed by atoms with Crippen molar-refractivity contribution in [3.8, 4) is 0 Å². The van der Waals surface area contributed by atoms with Crippen molar-refractivity contribution < 1.29 is 26.4 Å². The normalized spacial score (nSPS) is 20.2. The Morgan fingerprint density at radius 2 is 1.57 bits per heavy atom. The Morgan fingerprint density at radius 3 is 2.13 bits per heavy atom. The number of carbonyl (C=O) groups is 1. The Bertz CT molecular complexity index is 864. The van der Waals surface area contributed by atoms with Gasteiger partial charge in [0, 0.05) is 39.3 Å². The molecule has 1 amide bonds. The molecule has 6 nitrogen and oxygen atoms in total. The Morgan fingerprint density at radius 1 is 0.967 bits per heavy atom. The first kappa shape index (κ1) is 23.3. The van der Waals surface area contributed by atoms with E-state index in [4.69, 9.17) is 11.6 Å². The lowest BCUT2D eigenvalue weighted by atomic mass is 10.2. The molecule has 0 atom stereocenters. The van der Waals surface area contributed by atoms with Crippen LogP contribution in [0.3, 0.4) is 0 Å². The summed E-state index contributed by atoms with van der Waals surface area (Å²) >= 11 is 5.59. The number of piperazine rings is 1. The summed E-state index contributed by atoms with van der Waals surface area (Å²) in [5.74, 6) is 0.0423. The number of benzene rings is 1. The number of hydrogen-bond donors (Lipinski definition) is 0. The molecular weight excluding hydrogens is 443 g/mol. The van der Waals surface area contributed by atoms with E-state index in [0.29, 0.717) is 19.2 Å². The van der Waals surface area contributed by atoms with Crippen LogP contribution in [0, 0.1) is 0 Å². The molecule has 11 heteroatoms. The first-order valence-corrected chi connectivity index (χ1v) is 11.8. The van der Waals surface area contributed by atoms with Gasteiger partial charge in [0.15, 0.2) is 0 Å². The van der Waals surface area contributed by atoms with E-state index < -0.39 is 31.7 Å². The number of carbonyl (C=O) groups excluding carboxylic acids is 1. The maximum Gasteiger partial charge on any atom is 0.417 e. The van der Waals surface area contributed by atoms with Crippen molar-refractivity contribution in [3.63, 3.8) is 0 Å². The summed E-state index contributed by atoms with van der Waals surface area (Å²) < 4.78 is 66.0. The van der Waals surface area contributed by atoms with Crippen LogP contribution in [0.2, 0.25) is 5.02 Å². The smallest absolute Gasteiger partial charge is 0.342 e. The first-order chi connectivity index (χ1) is 14.1. The third-order valence-corrected chi connectivity index (χ3v) is 7.75. The third kappa shape index (κ3) is 5.46. The van der Waals surface area contributed by atoms with Gasteiger partial charge in [-0.2, -0.15) is 17.5 Å². The minimum absolute atomic E-state index is 0.0423. The molecule has 2 saturated heterocycles. The molecule has 1 aromatic carbocycles. The molecule has 3 rings (SSSR count). The number of sulfonamides is 1. The molecule has 2 heterocycles. The molecule has 0 spiro atoms. The summed E-state index contributed by atoms with van der Waals surface area (Å²) in [5, 5.41) is -0.543. The van der Waals surface area contributed by atoms with Crippen molar-refractivity contribution in [1.82, 2.24) is 14.1 Å². The second-order valence-electron chi connectivity index (χ2n) is 7.61. The summed E-state index contributed by atoms with van der Waals surface area (Å²) in [7, 11) is -4.09. The lowest BCUT2D eigenvalue weighted by molar-refractivity contribution is -0.137. The van der Waals surface area contributed by atoms with Crippen LogP contribution < -0.4 is 0 Å². The topological polar surface area (TPSA) is 60.9 Å². The largest absolute Gasteiger partial charge is 0.417 e. The molecule has 0 radical (unpaired) electrons. The van der Waals surface area contributed by atoms with Gasteiger partial charge in [0.25, 0.3) is 0 Å². The van der Waals surface area contributed by atoms with Crippen LogP contribution in [0.25, 0.3) is 0 Å². The first-order valence-electron chi connectivity index (χ1n) is 9.96. The highest BCUT2D eigenvalue weighted by Crippen LogP contribution is 2.36. The molecule has 1 aromatic rings. The average molecular weight is 468 g/mol. The Labute approximate surface area is 179 Å². The van der Waals surface area contributed by atoms with E-state index in [-0.39, 0.29) is 25.5 Å².